The zero-order valence-corrected chi connectivity index (χ0v) is 36.1. The zero-order valence-electron chi connectivity index (χ0n) is 36.1. The molecule has 0 aromatic rings. The molecule has 0 rings (SSSR count). The highest BCUT2D eigenvalue weighted by atomic mass is 15.1. The van der Waals surface area contributed by atoms with E-state index in [1.165, 1.54) is 283 Å². The van der Waals surface area contributed by atoms with Gasteiger partial charge in [-0.2, -0.15) is 0 Å². The largest absolute Gasteiger partial charge is 0.303 e. The number of hydrogen-bond acceptors (Lipinski definition) is 1. The third kappa shape index (κ3) is 44.1. The number of rotatable bonds is 45. The average Bonchev–Trinajstić information content (AvgIpc) is 3.11. The normalized spacial score (nSPS) is 11.9. The second-order valence-electron chi connectivity index (χ2n) is 17.5. The molecule has 0 saturated carbocycles. The van der Waals surface area contributed by atoms with Gasteiger partial charge in [-0.15, -0.1) is 0 Å². The Hall–Kier alpha value is -0.0400. The molecular weight excluding hydrogens is 603 g/mol. The second-order valence-corrected chi connectivity index (χ2v) is 17.5. The van der Waals surface area contributed by atoms with Crippen molar-refractivity contribution in [3.8, 4) is 0 Å². The zero-order chi connectivity index (χ0) is 36.3. The predicted molar refractivity (Wildman–Crippen MR) is 232 cm³/mol. The van der Waals surface area contributed by atoms with Crippen LogP contribution in [0.3, 0.4) is 0 Å². The lowest BCUT2D eigenvalue weighted by molar-refractivity contribution is 0.254. The Morgan fingerprint density at radius 1 is 0.240 bits per heavy atom. The average molecular weight is 704 g/mol. The van der Waals surface area contributed by atoms with Gasteiger partial charge in [0.2, 0.25) is 0 Å². The summed E-state index contributed by atoms with van der Waals surface area (Å²) >= 11 is 0. The van der Waals surface area contributed by atoms with Gasteiger partial charge in [-0.25, -0.2) is 0 Å². The van der Waals surface area contributed by atoms with Crippen molar-refractivity contribution >= 4 is 0 Å². The van der Waals surface area contributed by atoms with Gasteiger partial charge >= 0.3 is 0 Å². The molecule has 0 aliphatic heterocycles. The van der Waals surface area contributed by atoms with E-state index in [0.29, 0.717) is 0 Å². The monoisotopic (exact) mass is 704 g/mol. The van der Waals surface area contributed by atoms with Crippen LogP contribution in [0, 0.1) is 5.92 Å². The summed E-state index contributed by atoms with van der Waals surface area (Å²) in [4.78, 5) is 2.87. The summed E-state index contributed by atoms with van der Waals surface area (Å²) in [6.07, 6.45) is 60.1. The van der Waals surface area contributed by atoms with Crippen molar-refractivity contribution < 1.29 is 0 Å². The summed E-state index contributed by atoms with van der Waals surface area (Å²) in [7, 11) is 0. The Kier molecular flexibility index (Phi) is 45.1. The smallest absolute Gasteiger partial charge is 0.00187 e. The van der Waals surface area contributed by atoms with Crippen molar-refractivity contribution in [1.82, 2.24) is 4.90 Å². The van der Waals surface area contributed by atoms with E-state index in [0.717, 1.165) is 5.92 Å². The minimum Gasteiger partial charge on any atom is -0.303 e. The van der Waals surface area contributed by atoms with Gasteiger partial charge in [-0.1, -0.05) is 272 Å². The highest BCUT2D eigenvalue weighted by Gasteiger charge is 2.06. The molecule has 0 amide bonds. The molecule has 1 nitrogen and oxygen atoms in total. The lowest BCUT2D eigenvalue weighted by Gasteiger charge is -2.22. The van der Waals surface area contributed by atoms with E-state index in [4.69, 9.17) is 0 Å². The number of unbranched alkanes of at least 4 members (excludes halogenated alkanes) is 37. The quantitative estimate of drug-likeness (QED) is 0.0571. The lowest BCUT2D eigenvalue weighted by Crippen LogP contribution is -2.27. The maximum absolute atomic E-state index is 2.87. The van der Waals surface area contributed by atoms with Crippen LogP contribution in [0.15, 0.2) is 0 Å². The van der Waals surface area contributed by atoms with Crippen molar-refractivity contribution in [3.05, 3.63) is 0 Å². The third-order valence-electron chi connectivity index (χ3n) is 11.7. The van der Waals surface area contributed by atoms with Crippen LogP contribution >= 0.6 is 0 Å². The van der Waals surface area contributed by atoms with Crippen molar-refractivity contribution in [3.63, 3.8) is 0 Å². The van der Waals surface area contributed by atoms with Crippen molar-refractivity contribution in [2.24, 2.45) is 5.92 Å². The van der Waals surface area contributed by atoms with Gasteiger partial charge in [0.25, 0.3) is 0 Å². The molecule has 1 heteroatoms. The minimum absolute atomic E-state index is 0.886. The fourth-order valence-electron chi connectivity index (χ4n) is 8.05. The topological polar surface area (TPSA) is 3.24 Å². The standard InChI is InChI=1S/C49H101N/c1-5-7-9-11-13-15-17-19-21-23-25-27-30-34-38-42-46-50(48-44-40-36-32-29-33-37-41-45-49(3)4)47-43-39-35-31-28-26-24-22-20-18-16-14-12-10-8-6-2/h49H,5-48H2,1-4H3. The van der Waals surface area contributed by atoms with Gasteiger partial charge in [0.05, 0.1) is 0 Å². The van der Waals surface area contributed by atoms with E-state index in [9.17, 15) is 0 Å². The molecule has 0 aliphatic carbocycles. The summed E-state index contributed by atoms with van der Waals surface area (Å²) < 4.78 is 0. The molecule has 0 spiro atoms. The number of hydrogen-bond donors (Lipinski definition) is 0. The molecule has 302 valence electrons. The molecule has 0 saturated heterocycles. The maximum atomic E-state index is 2.87. The third-order valence-corrected chi connectivity index (χ3v) is 11.7. The van der Waals surface area contributed by atoms with E-state index in [1.54, 1.807) is 0 Å². The molecule has 0 atom stereocenters. The molecule has 0 aromatic carbocycles. The first kappa shape index (κ1) is 50.0. The van der Waals surface area contributed by atoms with Crippen molar-refractivity contribution in [2.75, 3.05) is 19.6 Å². The summed E-state index contributed by atoms with van der Waals surface area (Å²) in [6.45, 7) is 13.5. The van der Waals surface area contributed by atoms with Crippen LogP contribution in [-0.4, -0.2) is 24.5 Å². The molecular formula is C49H101N. The molecule has 0 bridgehead atoms. The first-order valence-corrected chi connectivity index (χ1v) is 24.4. The fourth-order valence-corrected chi connectivity index (χ4v) is 8.05. The van der Waals surface area contributed by atoms with Crippen LogP contribution in [0.25, 0.3) is 0 Å². The first-order chi connectivity index (χ1) is 24.7. The van der Waals surface area contributed by atoms with Crippen LogP contribution in [0.1, 0.15) is 291 Å². The Labute approximate surface area is 320 Å². The van der Waals surface area contributed by atoms with Crippen LogP contribution in [0.4, 0.5) is 0 Å². The van der Waals surface area contributed by atoms with E-state index in [2.05, 4.69) is 32.6 Å². The second kappa shape index (κ2) is 45.1. The van der Waals surface area contributed by atoms with Crippen molar-refractivity contribution in [2.45, 2.75) is 291 Å². The van der Waals surface area contributed by atoms with Gasteiger partial charge in [-0.05, 0) is 44.8 Å². The molecule has 0 heterocycles. The van der Waals surface area contributed by atoms with Gasteiger partial charge in [-0.3, -0.25) is 0 Å². The summed E-state index contributed by atoms with van der Waals surface area (Å²) in [5.74, 6) is 0.886. The van der Waals surface area contributed by atoms with Crippen LogP contribution in [-0.2, 0) is 0 Å². The highest BCUT2D eigenvalue weighted by Crippen LogP contribution is 2.17. The van der Waals surface area contributed by atoms with Crippen molar-refractivity contribution in [1.29, 1.82) is 0 Å². The van der Waals surface area contributed by atoms with Gasteiger partial charge in [0.15, 0.2) is 0 Å². The number of nitrogens with zero attached hydrogens (tertiary/aromatic N) is 1. The van der Waals surface area contributed by atoms with E-state index in [-0.39, 0.29) is 0 Å². The molecule has 50 heavy (non-hydrogen) atoms. The van der Waals surface area contributed by atoms with Crippen LogP contribution in [0.5, 0.6) is 0 Å². The van der Waals surface area contributed by atoms with Crippen LogP contribution in [0.2, 0.25) is 0 Å². The summed E-state index contributed by atoms with van der Waals surface area (Å²) in [5, 5.41) is 0. The van der Waals surface area contributed by atoms with Gasteiger partial charge in [0.1, 0.15) is 0 Å². The Balaban J connectivity index is 3.90. The molecule has 0 radical (unpaired) electrons. The van der Waals surface area contributed by atoms with E-state index >= 15 is 0 Å². The molecule has 0 fully saturated rings. The first-order valence-electron chi connectivity index (χ1n) is 24.4. The van der Waals surface area contributed by atoms with Gasteiger partial charge < -0.3 is 4.90 Å². The highest BCUT2D eigenvalue weighted by molar-refractivity contribution is 4.61. The van der Waals surface area contributed by atoms with E-state index < -0.39 is 0 Å². The lowest BCUT2D eigenvalue weighted by atomic mass is 10.0. The van der Waals surface area contributed by atoms with Gasteiger partial charge in [0, 0.05) is 0 Å². The Bertz CT molecular complexity index is 533. The van der Waals surface area contributed by atoms with Crippen LogP contribution < -0.4 is 0 Å². The summed E-state index contributed by atoms with van der Waals surface area (Å²) in [6, 6.07) is 0. The molecule has 0 aromatic heterocycles. The summed E-state index contributed by atoms with van der Waals surface area (Å²) in [5.41, 5.74) is 0. The SMILES string of the molecule is CCCCCCCCCCCCCCCCCCN(CCCCCCCCCCCCCCCCCC)CCCCCCCCCCC(C)C. The Morgan fingerprint density at radius 3 is 0.620 bits per heavy atom. The maximum Gasteiger partial charge on any atom is -0.00187 e. The molecule has 0 N–H and O–H groups in total. The molecule has 0 unspecified atom stereocenters. The van der Waals surface area contributed by atoms with E-state index in [1.807, 2.05) is 0 Å². The predicted octanol–water partition coefficient (Wildman–Crippen LogP) is 18.0. The minimum atomic E-state index is 0.886. The Morgan fingerprint density at radius 2 is 0.420 bits per heavy atom. The molecule has 0 aliphatic rings. The fraction of sp³-hybridized carbons (Fsp3) is 1.00.